The maximum atomic E-state index is 15.4. The van der Waals surface area contributed by atoms with Crippen LogP contribution in [-0.4, -0.2) is 42.8 Å². The Balaban J connectivity index is 1.70. The number of nitrogens with one attached hydrogen (secondary N) is 1. The molecule has 3 aliphatic rings. The average Bonchev–Trinajstić information content (AvgIpc) is 3.55. The topological polar surface area (TPSA) is 87.4 Å². The highest BCUT2D eigenvalue weighted by atomic mass is 19.1. The molecule has 31 heavy (non-hydrogen) atoms. The zero-order chi connectivity index (χ0) is 21.8. The van der Waals surface area contributed by atoms with Gasteiger partial charge >= 0.3 is 5.97 Å². The van der Waals surface area contributed by atoms with Crippen molar-refractivity contribution in [2.45, 2.75) is 50.1 Å². The van der Waals surface area contributed by atoms with Gasteiger partial charge in [0.25, 0.3) is 0 Å². The van der Waals surface area contributed by atoms with E-state index in [4.69, 9.17) is 4.74 Å². The maximum Gasteiger partial charge on any atom is 0.343 e. The quantitative estimate of drug-likeness (QED) is 0.763. The molecular weight excluding hydrogens is 399 g/mol. The second-order valence-corrected chi connectivity index (χ2v) is 8.93. The predicted molar refractivity (Wildman–Crippen MR) is 114 cm³/mol. The van der Waals surface area contributed by atoms with Crippen molar-refractivity contribution in [3.8, 4) is 6.07 Å². The Bertz CT molecular complexity index is 1170. The molecule has 7 nitrogen and oxygen atoms in total. The van der Waals surface area contributed by atoms with Crippen molar-refractivity contribution in [1.82, 2.24) is 9.88 Å². The molecule has 8 heteroatoms. The highest BCUT2D eigenvalue weighted by Gasteiger charge is 2.41. The molecule has 2 aliphatic heterocycles. The lowest BCUT2D eigenvalue weighted by molar-refractivity contribution is 0.0598. The van der Waals surface area contributed by atoms with Gasteiger partial charge in [-0.05, 0) is 44.7 Å². The number of nitriles is 1. The molecule has 5 rings (SSSR count). The summed E-state index contributed by atoms with van der Waals surface area (Å²) in [6, 6.07) is 3.46. The lowest BCUT2D eigenvalue weighted by atomic mass is 9.88. The summed E-state index contributed by atoms with van der Waals surface area (Å²) in [5.41, 5.74) is 0.0628. The van der Waals surface area contributed by atoms with Gasteiger partial charge in [-0.3, -0.25) is 4.79 Å². The average molecular weight is 424 g/mol. The van der Waals surface area contributed by atoms with Crippen LogP contribution in [0.2, 0.25) is 0 Å². The van der Waals surface area contributed by atoms with E-state index in [9.17, 15) is 14.9 Å². The molecule has 1 N–H and O–H groups in total. The van der Waals surface area contributed by atoms with E-state index < -0.39 is 17.2 Å². The van der Waals surface area contributed by atoms with Gasteiger partial charge in [-0.25, -0.2) is 9.18 Å². The van der Waals surface area contributed by atoms with Gasteiger partial charge < -0.3 is 19.5 Å². The number of nitrogens with zero attached hydrogens (tertiary/aromatic N) is 3. The molecule has 0 bridgehead atoms. The summed E-state index contributed by atoms with van der Waals surface area (Å²) in [5.74, 6) is -1.35. The molecule has 2 aromatic rings. The number of ether oxygens (including phenoxy) is 1. The van der Waals surface area contributed by atoms with Crippen LogP contribution in [0.5, 0.6) is 0 Å². The highest BCUT2D eigenvalue weighted by Crippen LogP contribution is 2.41. The van der Waals surface area contributed by atoms with Gasteiger partial charge in [0.1, 0.15) is 23.0 Å². The zero-order valence-electron chi connectivity index (χ0n) is 17.5. The van der Waals surface area contributed by atoms with E-state index >= 15 is 4.39 Å². The maximum absolute atomic E-state index is 15.4. The molecule has 1 saturated carbocycles. The Morgan fingerprint density at radius 1 is 1.35 bits per heavy atom. The summed E-state index contributed by atoms with van der Waals surface area (Å²) < 4.78 is 22.0. The number of anilines is 1. The number of hydrogen-bond acceptors (Lipinski definition) is 6. The molecule has 1 aliphatic carbocycles. The van der Waals surface area contributed by atoms with Gasteiger partial charge in [-0.1, -0.05) is 6.42 Å². The zero-order valence-corrected chi connectivity index (χ0v) is 17.5. The van der Waals surface area contributed by atoms with Crippen molar-refractivity contribution >= 4 is 22.6 Å². The Morgan fingerprint density at radius 2 is 2.16 bits per heavy atom. The molecule has 162 valence electrons. The van der Waals surface area contributed by atoms with Gasteiger partial charge in [-0.2, -0.15) is 5.26 Å². The number of pyridine rings is 1. The fourth-order valence-electron chi connectivity index (χ4n) is 5.23. The lowest BCUT2D eigenvalue weighted by Crippen LogP contribution is -2.50. The second kappa shape index (κ2) is 7.34. The number of methoxy groups -OCH3 is 1. The van der Waals surface area contributed by atoms with E-state index in [1.807, 2.05) is 4.90 Å². The Kier molecular flexibility index (Phi) is 4.74. The molecule has 1 atom stereocenters. The van der Waals surface area contributed by atoms with E-state index in [1.54, 1.807) is 4.57 Å². The third kappa shape index (κ3) is 3.19. The van der Waals surface area contributed by atoms with Crippen LogP contribution >= 0.6 is 0 Å². The van der Waals surface area contributed by atoms with Crippen LogP contribution in [0.1, 0.15) is 60.5 Å². The van der Waals surface area contributed by atoms with Crippen LogP contribution in [0.25, 0.3) is 10.9 Å². The number of hydrogen-bond donors (Lipinski definition) is 1. The van der Waals surface area contributed by atoms with Gasteiger partial charge in [0, 0.05) is 30.9 Å². The molecule has 3 heterocycles. The molecule has 2 saturated heterocycles. The highest BCUT2D eigenvalue weighted by molar-refractivity contribution is 5.97. The van der Waals surface area contributed by atoms with E-state index in [0.29, 0.717) is 18.6 Å². The molecule has 1 spiro atoms. The first-order valence-electron chi connectivity index (χ1n) is 10.9. The first kappa shape index (κ1) is 20.0. The fourth-order valence-corrected chi connectivity index (χ4v) is 5.23. The first-order chi connectivity index (χ1) is 15.0. The van der Waals surface area contributed by atoms with Gasteiger partial charge in [0.05, 0.1) is 23.7 Å². The third-order valence-corrected chi connectivity index (χ3v) is 6.95. The Hall–Kier alpha value is -2.92. The van der Waals surface area contributed by atoms with Crippen LogP contribution in [0.3, 0.4) is 0 Å². The summed E-state index contributed by atoms with van der Waals surface area (Å²) >= 11 is 0. The van der Waals surface area contributed by atoms with Crippen LogP contribution in [-0.2, 0) is 4.74 Å². The van der Waals surface area contributed by atoms with Crippen molar-refractivity contribution in [1.29, 1.82) is 5.26 Å². The third-order valence-electron chi connectivity index (χ3n) is 6.95. The van der Waals surface area contributed by atoms with Crippen LogP contribution in [0, 0.1) is 17.1 Å². The summed E-state index contributed by atoms with van der Waals surface area (Å²) in [4.78, 5) is 27.1. The second-order valence-electron chi connectivity index (χ2n) is 8.93. The standard InChI is InChI=1S/C23H25FN4O3/c1-31-22(30)17-12-28(14-4-5-14)19-15(21(17)29)10-18(24)20(16(19)11-25)27-9-7-23(13-27)6-2-3-8-26-23/h10,12,14,26H,2-9,13H2,1H3. The molecular formula is C23H25FN4O3. The number of rotatable bonds is 3. The van der Waals surface area contributed by atoms with Crippen molar-refractivity contribution in [2.24, 2.45) is 0 Å². The normalized spacial score (nSPS) is 23.3. The number of halogens is 1. The monoisotopic (exact) mass is 424 g/mol. The molecule has 1 aromatic heterocycles. The largest absolute Gasteiger partial charge is 0.465 e. The van der Waals surface area contributed by atoms with Crippen LogP contribution in [0.4, 0.5) is 10.1 Å². The number of aromatic nitrogens is 1. The molecule has 1 aromatic carbocycles. The SMILES string of the molecule is COC(=O)c1cn(C2CC2)c2c(C#N)c(N3CCC4(CCCCN4)C3)c(F)cc2c1=O. The summed E-state index contributed by atoms with van der Waals surface area (Å²) in [5, 5.41) is 13.7. The fraction of sp³-hybridized carbons (Fsp3) is 0.522. The summed E-state index contributed by atoms with van der Waals surface area (Å²) in [6.07, 6.45) is 7.46. The summed E-state index contributed by atoms with van der Waals surface area (Å²) in [7, 11) is 1.21. The first-order valence-corrected chi connectivity index (χ1v) is 10.9. The predicted octanol–water partition coefficient (Wildman–Crippen LogP) is 2.86. The number of esters is 1. The van der Waals surface area contributed by atoms with Crippen LogP contribution in [0.15, 0.2) is 17.1 Å². The Morgan fingerprint density at radius 3 is 2.81 bits per heavy atom. The number of benzene rings is 1. The molecule has 0 amide bonds. The van der Waals surface area contributed by atoms with Gasteiger partial charge in [0.15, 0.2) is 0 Å². The number of fused-ring (bicyclic) bond motifs is 1. The number of piperidine rings is 1. The summed E-state index contributed by atoms with van der Waals surface area (Å²) in [6.45, 7) is 2.24. The smallest absolute Gasteiger partial charge is 0.343 e. The lowest BCUT2D eigenvalue weighted by Gasteiger charge is -2.35. The molecule has 0 radical (unpaired) electrons. The Labute approximate surface area is 179 Å². The minimum atomic E-state index is -0.755. The van der Waals surface area contributed by atoms with Crippen molar-refractivity contribution in [2.75, 3.05) is 31.6 Å². The number of carbonyl (C=O) groups is 1. The van der Waals surface area contributed by atoms with E-state index in [2.05, 4.69) is 11.4 Å². The minimum Gasteiger partial charge on any atom is -0.465 e. The molecule has 3 fully saturated rings. The van der Waals surface area contributed by atoms with Crippen LogP contribution < -0.4 is 15.6 Å². The van der Waals surface area contributed by atoms with Crippen molar-refractivity contribution in [3.05, 3.63) is 39.4 Å². The van der Waals surface area contributed by atoms with Gasteiger partial charge in [0.2, 0.25) is 5.43 Å². The number of carbonyl (C=O) groups excluding carboxylic acids is 1. The van der Waals surface area contributed by atoms with E-state index in [-0.39, 0.29) is 33.8 Å². The van der Waals surface area contributed by atoms with Gasteiger partial charge in [-0.15, -0.1) is 0 Å². The van der Waals surface area contributed by atoms with Crippen molar-refractivity contribution in [3.63, 3.8) is 0 Å². The minimum absolute atomic E-state index is 0.0444. The van der Waals surface area contributed by atoms with E-state index in [0.717, 1.165) is 45.1 Å². The molecule has 1 unspecified atom stereocenters. The van der Waals surface area contributed by atoms with E-state index in [1.165, 1.54) is 19.4 Å². The van der Waals surface area contributed by atoms with Crippen molar-refractivity contribution < 1.29 is 13.9 Å².